The van der Waals surface area contributed by atoms with Crippen LogP contribution in [0.15, 0.2) is 36.7 Å². The van der Waals surface area contributed by atoms with E-state index in [-0.39, 0.29) is 12.4 Å². The molecule has 0 amide bonds. The molecule has 0 fully saturated rings. The summed E-state index contributed by atoms with van der Waals surface area (Å²) in [5.74, 6) is 0. The van der Waals surface area contributed by atoms with Gasteiger partial charge in [0.1, 0.15) is 5.69 Å². The Labute approximate surface area is 114 Å². The lowest BCUT2D eigenvalue weighted by Gasteiger charge is -2.06. The zero-order valence-corrected chi connectivity index (χ0v) is 10.5. The first kappa shape index (κ1) is 15.4. The number of hydrogen-bond acceptors (Lipinski definition) is 3. The van der Waals surface area contributed by atoms with E-state index in [4.69, 9.17) is 5.73 Å². The molecule has 0 aliphatic carbocycles. The quantitative estimate of drug-likeness (QED) is 0.924. The van der Waals surface area contributed by atoms with E-state index in [2.05, 4.69) is 9.97 Å². The molecule has 3 nitrogen and oxygen atoms in total. The summed E-state index contributed by atoms with van der Waals surface area (Å²) in [5.41, 5.74) is 6.51. The third-order valence-corrected chi connectivity index (χ3v) is 2.41. The van der Waals surface area contributed by atoms with Crippen LogP contribution in [-0.4, -0.2) is 9.97 Å². The highest BCUT2D eigenvalue weighted by atomic mass is 35.5. The highest BCUT2D eigenvalue weighted by molar-refractivity contribution is 5.85. The van der Waals surface area contributed by atoms with Crippen molar-refractivity contribution in [1.29, 1.82) is 0 Å². The van der Waals surface area contributed by atoms with Gasteiger partial charge in [-0.2, -0.15) is 13.2 Å². The summed E-state index contributed by atoms with van der Waals surface area (Å²) in [6.07, 6.45) is -1.70. The van der Waals surface area contributed by atoms with E-state index in [1.165, 1.54) is 6.07 Å². The maximum absolute atomic E-state index is 12.3. The second kappa shape index (κ2) is 5.99. The summed E-state index contributed by atoms with van der Waals surface area (Å²) >= 11 is 0. The lowest BCUT2D eigenvalue weighted by atomic mass is 10.1. The smallest absolute Gasteiger partial charge is 0.326 e. The molecule has 2 aromatic heterocycles. The first-order chi connectivity index (χ1) is 8.50. The summed E-state index contributed by atoms with van der Waals surface area (Å²) in [7, 11) is 0. The molecule has 2 aromatic rings. The number of nitrogens with zero attached hydrogens (tertiary/aromatic N) is 2. The maximum atomic E-state index is 12.3. The van der Waals surface area contributed by atoms with Crippen LogP contribution in [0.3, 0.4) is 0 Å². The molecule has 7 heteroatoms. The molecule has 2 rings (SSSR count). The predicted octanol–water partition coefficient (Wildman–Crippen LogP) is 3.04. The summed E-state index contributed by atoms with van der Waals surface area (Å²) < 4.78 is 37.0. The van der Waals surface area contributed by atoms with Gasteiger partial charge in [0.15, 0.2) is 0 Å². The van der Waals surface area contributed by atoms with Gasteiger partial charge in [0.2, 0.25) is 0 Å². The molecule has 19 heavy (non-hydrogen) atoms. The normalized spacial score (nSPS) is 10.9. The molecule has 0 unspecified atom stereocenters. The Morgan fingerprint density at radius 1 is 1.11 bits per heavy atom. The minimum atomic E-state index is -4.43. The molecule has 0 aliphatic rings. The Balaban J connectivity index is 0.00000180. The fraction of sp³-hybridized carbons (Fsp3) is 0.167. The number of hydrogen-bond donors (Lipinski definition) is 1. The van der Waals surface area contributed by atoms with Crippen molar-refractivity contribution in [3.05, 3.63) is 47.9 Å². The van der Waals surface area contributed by atoms with Gasteiger partial charge in [-0.1, -0.05) is 0 Å². The fourth-order valence-electron chi connectivity index (χ4n) is 1.47. The molecule has 2 N–H and O–H groups in total. The average molecular weight is 290 g/mol. The van der Waals surface area contributed by atoms with E-state index in [0.717, 1.165) is 17.8 Å². The van der Waals surface area contributed by atoms with E-state index in [1.807, 2.05) is 0 Å². The maximum Gasteiger partial charge on any atom is 0.433 e. The number of nitrogens with two attached hydrogens (primary N) is 1. The van der Waals surface area contributed by atoms with Crippen molar-refractivity contribution in [3.8, 4) is 11.3 Å². The van der Waals surface area contributed by atoms with Crippen molar-refractivity contribution in [2.75, 3.05) is 0 Å². The van der Waals surface area contributed by atoms with E-state index < -0.39 is 11.9 Å². The minimum Gasteiger partial charge on any atom is -0.326 e. The zero-order valence-electron chi connectivity index (χ0n) is 9.69. The van der Waals surface area contributed by atoms with Crippen molar-refractivity contribution < 1.29 is 13.2 Å². The molecule has 0 bridgehead atoms. The van der Waals surface area contributed by atoms with Crippen LogP contribution < -0.4 is 5.73 Å². The third-order valence-electron chi connectivity index (χ3n) is 2.41. The van der Waals surface area contributed by atoms with Crippen LogP contribution >= 0.6 is 12.4 Å². The Hall–Kier alpha value is -1.66. The molecule has 0 radical (unpaired) electrons. The van der Waals surface area contributed by atoms with Gasteiger partial charge in [-0.25, -0.2) is 0 Å². The number of halogens is 4. The van der Waals surface area contributed by atoms with Crippen LogP contribution in [0.25, 0.3) is 11.3 Å². The van der Waals surface area contributed by atoms with Gasteiger partial charge in [-0.05, 0) is 29.8 Å². The molecule has 0 aromatic carbocycles. The molecule has 102 valence electrons. The first-order valence-corrected chi connectivity index (χ1v) is 5.19. The molecular weight excluding hydrogens is 279 g/mol. The van der Waals surface area contributed by atoms with Crippen molar-refractivity contribution in [2.45, 2.75) is 12.7 Å². The number of alkyl halides is 3. The van der Waals surface area contributed by atoms with Gasteiger partial charge in [-0.3, -0.25) is 9.97 Å². The van der Waals surface area contributed by atoms with E-state index in [9.17, 15) is 13.2 Å². The van der Waals surface area contributed by atoms with E-state index in [0.29, 0.717) is 17.8 Å². The number of rotatable bonds is 2. The standard InChI is InChI=1S/C12H10F3N3.ClH/c13-12(14,15)11-2-1-9(7-18-11)10-5-8(6-16)3-4-17-10;/h1-5,7H,6,16H2;1H. The van der Waals surface area contributed by atoms with Crippen LogP contribution in [0.1, 0.15) is 11.3 Å². The van der Waals surface area contributed by atoms with Gasteiger partial charge in [0, 0.05) is 24.5 Å². The Morgan fingerprint density at radius 2 is 1.84 bits per heavy atom. The molecule has 0 atom stereocenters. The molecule has 0 saturated heterocycles. The van der Waals surface area contributed by atoms with Crippen molar-refractivity contribution in [1.82, 2.24) is 9.97 Å². The number of pyridine rings is 2. The highest BCUT2D eigenvalue weighted by Gasteiger charge is 2.32. The third kappa shape index (κ3) is 3.65. The minimum absolute atomic E-state index is 0. The van der Waals surface area contributed by atoms with Gasteiger partial charge in [-0.15, -0.1) is 12.4 Å². The summed E-state index contributed by atoms with van der Waals surface area (Å²) in [6.45, 7) is 0.351. The SMILES string of the molecule is Cl.NCc1ccnc(-c2ccc(C(F)(F)F)nc2)c1. The Bertz CT molecular complexity index is 541. The van der Waals surface area contributed by atoms with E-state index in [1.54, 1.807) is 18.3 Å². The van der Waals surface area contributed by atoms with E-state index >= 15 is 0 Å². The van der Waals surface area contributed by atoms with Crippen LogP contribution in [-0.2, 0) is 12.7 Å². The van der Waals surface area contributed by atoms with Crippen molar-refractivity contribution in [2.24, 2.45) is 5.73 Å². The second-order valence-electron chi connectivity index (χ2n) is 3.68. The van der Waals surface area contributed by atoms with Crippen LogP contribution in [0.5, 0.6) is 0 Å². The van der Waals surface area contributed by atoms with Gasteiger partial charge >= 0.3 is 6.18 Å². The molecule has 2 heterocycles. The van der Waals surface area contributed by atoms with Gasteiger partial charge < -0.3 is 5.73 Å². The Morgan fingerprint density at radius 3 is 2.37 bits per heavy atom. The zero-order chi connectivity index (χ0) is 13.2. The Kier molecular flexibility index (Phi) is 4.85. The van der Waals surface area contributed by atoms with Gasteiger partial charge in [0.05, 0.1) is 5.69 Å². The van der Waals surface area contributed by atoms with Crippen LogP contribution in [0.2, 0.25) is 0 Å². The van der Waals surface area contributed by atoms with Crippen LogP contribution in [0, 0.1) is 0 Å². The fourth-order valence-corrected chi connectivity index (χ4v) is 1.47. The highest BCUT2D eigenvalue weighted by Crippen LogP contribution is 2.28. The predicted molar refractivity (Wildman–Crippen MR) is 67.6 cm³/mol. The molecule has 0 saturated carbocycles. The topological polar surface area (TPSA) is 51.8 Å². The molecule has 0 spiro atoms. The van der Waals surface area contributed by atoms with Crippen LogP contribution in [0.4, 0.5) is 13.2 Å². The van der Waals surface area contributed by atoms with Gasteiger partial charge in [0.25, 0.3) is 0 Å². The summed E-state index contributed by atoms with van der Waals surface area (Å²) in [6, 6.07) is 5.76. The molecule has 0 aliphatic heterocycles. The summed E-state index contributed by atoms with van der Waals surface area (Å²) in [4.78, 5) is 7.46. The largest absolute Gasteiger partial charge is 0.433 e. The monoisotopic (exact) mass is 289 g/mol. The first-order valence-electron chi connectivity index (χ1n) is 5.19. The lowest BCUT2D eigenvalue weighted by molar-refractivity contribution is -0.141. The van der Waals surface area contributed by atoms with Crippen molar-refractivity contribution in [3.63, 3.8) is 0 Å². The molecular formula is C12H11ClF3N3. The lowest BCUT2D eigenvalue weighted by Crippen LogP contribution is -2.07. The number of aromatic nitrogens is 2. The average Bonchev–Trinajstić information content (AvgIpc) is 2.38. The summed E-state index contributed by atoms with van der Waals surface area (Å²) in [5, 5.41) is 0. The second-order valence-corrected chi connectivity index (χ2v) is 3.68. The van der Waals surface area contributed by atoms with Crippen molar-refractivity contribution >= 4 is 12.4 Å².